The fourth-order valence-electron chi connectivity index (χ4n) is 0. The Bertz CT molecular complexity index is 11.6. The van der Waals surface area contributed by atoms with E-state index in [1.165, 1.54) is 0 Å². The quantitative estimate of drug-likeness (QED) is 0.315. The van der Waals surface area contributed by atoms with Crippen molar-refractivity contribution in [2.75, 3.05) is 0 Å². The van der Waals surface area contributed by atoms with Gasteiger partial charge in [0.05, 0.1) is 0 Å². The molecule has 1 nitrogen and oxygen atoms in total. The predicted molar refractivity (Wildman–Crippen MR) is 7.55 cm³/mol. The Labute approximate surface area is 64.6 Å². The van der Waals surface area contributed by atoms with E-state index in [4.69, 9.17) is 4.46 Å². The van der Waals surface area contributed by atoms with Gasteiger partial charge in [-0.15, -0.1) is 0 Å². The summed E-state index contributed by atoms with van der Waals surface area (Å²) in [5.41, 5.74) is 0. The second kappa shape index (κ2) is 22.9. The molecule has 2 radical (unpaired) electrons. The van der Waals surface area contributed by atoms with E-state index >= 15 is 0 Å². The van der Waals surface area contributed by atoms with E-state index < -0.39 is 0 Å². The molecule has 0 aliphatic heterocycles. The molecule has 0 unspecified atom stereocenters. The Morgan fingerprint density at radius 3 is 1.50 bits per heavy atom. The zero-order chi connectivity index (χ0) is 2.00. The molecule has 0 atom stereocenters. The summed E-state index contributed by atoms with van der Waals surface area (Å²) in [7, 11) is 1.72. The normalized spacial score (nSPS) is 1.00. The van der Waals surface area contributed by atoms with Crippen molar-refractivity contribution in [1.82, 2.24) is 0 Å². The summed E-state index contributed by atoms with van der Waals surface area (Å²) in [6.45, 7) is 0. The van der Waals surface area contributed by atoms with Gasteiger partial charge in [-0.2, -0.15) is 0 Å². The Morgan fingerprint density at radius 1 is 1.50 bits per heavy atom. The van der Waals surface area contributed by atoms with E-state index in [0.29, 0.717) is 0 Å². The second-order valence-corrected chi connectivity index (χ2v) is 0. The topological polar surface area (TPSA) is 17.1 Å². The number of hydrogen-bond donors (Lipinski definition) is 0. The first-order valence-electron chi connectivity index (χ1n) is 0.204. The molecule has 0 aliphatic carbocycles. The van der Waals surface area contributed by atoms with Crippen molar-refractivity contribution in [1.29, 1.82) is 0 Å². The smallest absolute Gasteiger partial charge is 1.00 e. The molecular weight excluding hydrogens is 132 g/mol. The van der Waals surface area contributed by atoms with Gasteiger partial charge in [0.1, 0.15) is 0 Å². The molecule has 0 fully saturated rings. The van der Waals surface area contributed by atoms with Crippen molar-refractivity contribution in [2.45, 2.75) is 0 Å². The molecule has 0 rings (SSSR count). The number of rotatable bonds is 0. The van der Waals surface area contributed by atoms with Crippen LogP contribution in [0, 0.1) is 0 Å². The van der Waals surface area contributed by atoms with Crippen LogP contribution in [0.5, 0.6) is 0 Å². The first-order chi connectivity index (χ1) is 1.00. The molecule has 0 heterocycles. The molecule has 0 aromatic rings. The summed E-state index contributed by atoms with van der Waals surface area (Å²) >= 11 is 0. The van der Waals surface area contributed by atoms with Crippen molar-refractivity contribution < 1.29 is 54.9 Å². The van der Waals surface area contributed by atoms with Crippen LogP contribution in [-0.4, -0.2) is 10.1 Å². The van der Waals surface area contributed by atoms with Crippen LogP contribution in [0.1, 0.15) is 1.43 Å². The molecule has 4 heteroatoms. The van der Waals surface area contributed by atoms with Gasteiger partial charge in [-0.3, -0.25) is 0 Å². The van der Waals surface area contributed by atoms with Crippen molar-refractivity contribution in [2.24, 2.45) is 0 Å². The molecule has 0 spiro atoms. The van der Waals surface area contributed by atoms with Gasteiger partial charge in [-0.1, -0.05) is 0 Å². The molecule has 14 valence electrons. The van der Waals surface area contributed by atoms with Gasteiger partial charge in [0, 0.05) is 19.5 Å². The molecule has 0 saturated heterocycles. The second-order valence-electron chi connectivity index (χ2n) is 0. The minimum Gasteiger partial charge on any atom is -1.00 e. The molecule has 0 aromatic carbocycles. The van der Waals surface area contributed by atoms with Crippen LogP contribution in [0.2, 0.25) is 0 Å². The Balaban J connectivity index is -0.00000000167. The summed E-state index contributed by atoms with van der Waals surface area (Å²) in [5, 5.41) is 0. The number of hydrogen-bond acceptors (Lipinski definition) is 1. The monoisotopic (exact) mass is 132 g/mol. The van der Waals surface area contributed by atoms with Gasteiger partial charge >= 0.3 is 39.7 Å². The maximum absolute atomic E-state index is 8.06. The first kappa shape index (κ1) is 17.4. The average molecular weight is 133 g/mol. The molecule has 0 aliphatic rings. The van der Waals surface area contributed by atoms with E-state index in [-0.39, 0.29) is 50.5 Å². The van der Waals surface area contributed by atoms with Crippen LogP contribution in [0.3, 0.4) is 0 Å². The van der Waals surface area contributed by atoms with E-state index in [0.717, 1.165) is 0 Å². The van der Waals surface area contributed by atoms with Crippen molar-refractivity contribution in [3.8, 4) is 0 Å². The van der Waals surface area contributed by atoms with E-state index in [1.54, 1.807) is 10.1 Å². The fraction of sp³-hybridized carbons (Fsp3) is 0. The molecular formula is HNaOSiZn. The van der Waals surface area contributed by atoms with Crippen molar-refractivity contribution >= 4 is 10.1 Å². The molecule has 4 heavy (non-hydrogen) atoms. The van der Waals surface area contributed by atoms with Crippen molar-refractivity contribution in [3.63, 3.8) is 0 Å². The third-order valence-electron chi connectivity index (χ3n) is 0. The SMILES string of the molecule is O=[Si].[H-].[Na+].[Zn]. The van der Waals surface area contributed by atoms with Crippen LogP contribution in [-0.2, 0) is 23.9 Å². The van der Waals surface area contributed by atoms with Crippen LogP contribution in [0.15, 0.2) is 0 Å². The van der Waals surface area contributed by atoms with Gasteiger partial charge in [-0.05, 0) is 0 Å². The van der Waals surface area contributed by atoms with E-state index in [2.05, 4.69) is 0 Å². The predicted octanol–water partition coefficient (Wildman–Crippen LogP) is -3.39. The van der Waals surface area contributed by atoms with Gasteiger partial charge in [-0.25, -0.2) is 0 Å². The molecule has 0 N–H and O–H groups in total. The fourth-order valence-corrected chi connectivity index (χ4v) is 0. The Hall–Kier alpha value is 1.64. The minimum absolute atomic E-state index is 0. The maximum atomic E-state index is 8.06. The Morgan fingerprint density at radius 2 is 1.50 bits per heavy atom. The van der Waals surface area contributed by atoms with Gasteiger partial charge in [0.15, 0.2) is 0 Å². The average Bonchev–Trinajstić information content (AvgIpc) is 1.00. The van der Waals surface area contributed by atoms with Crippen LogP contribution >= 0.6 is 0 Å². The summed E-state index contributed by atoms with van der Waals surface area (Å²) in [6.07, 6.45) is 0. The summed E-state index contributed by atoms with van der Waals surface area (Å²) in [6, 6.07) is 0. The summed E-state index contributed by atoms with van der Waals surface area (Å²) in [4.78, 5) is 0. The van der Waals surface area contributed by atoms with Gasteiger partial charge < -0.3 is 5.89 Å². The largest absolute Gasteiger partial charge is 1.00 e. The first-order valence-corrected chi connectivity index (χ1v) is 0.612. The summed E-state index contributed by atoms with van der Waals surface area (Å²) in [5.74, 6) is 0. The minimum atomic E-state index is 0. The molecule has 0 bridgehead atoms. The van der Waals surface area contributed by atoms with Crippen LogP contribution in [0.25, 0.3) is 0 Å². The third-order valence-corrected chi connectivity index (χ3v) is 0. The Kier molecular flexibility index (Phi) is 99.5. The molecule has 0 amide bonds. The van der Waals surface area contributed by atoms with Gasteiger partial charge in [0.2, 0.25) is 0 Å². The van der Waals surface area contributed by atoms with E-state index in [9.17, 15) is 0 Å². The summed E-state index contributed by atoms with van der Waals surface area (Å²) < 4.78 is 8.06. The van der Waals surface area contributed by atoms with E-state index in [1.807, 2.05) is 0 Å². The zero-order valence-electron chi connectivity index (χ0n) is 3.62. The standard InChI is InChI=1S/Na.OSi.Zn.H/c;1-2;;/q+1;;;-1. The third kappa shape index (κ3) is 9.43. The van der Waals surface area contributed by atoms with Crippen LogP contribution < -0.4 is 29.6 Å². The van der Waals surface area contributed by atoms with Crippen LogP contribution in [0.4, 0.5) is 0 Å². The molecule has 0 saturated carbocycles. The van der Waals surface area contributed by atoms with Gasteiger partial charge in [0.25, 0.3) is 0 Å². The molecule has 0 aromatic heterocycles. The van der Waals surface area contributed by atoms with Crippen molar-refractivity contribution in [3.05, 3.63) is 0 Å². The zero-order valence-corrected chi connectivity index (χ0v) is 8.58. The maximum Gasteiger partial charge on any atom is 1.00 e.